The zero-order valence-corrected chi connectivity index (χ0v) is 13.6. The van der Waals surface area contributed by atoms with E-state index in [2.05, 4.69) is 5.32 Å². The molecule has 0 saturated carbocycles. The van der Waals surface area contributed by atoms with Crippen LogP contribution in [0.15, 0.2) is 42.2 Å². The molecule has 1 N–H and O–H groups in total. The minimum Gasteiger partial charge on any atom is -0.493 e. The van der Waals surface area contributed by atoms with Gasteiger partial charge in [-0.15, -0.1) is 0 Å². The highest BCUT2D eigenvalue weighted by atomic mass is 16.5. The summed E-state index contributed by atoms with van der Waals surface area (Å²) in [6.45, 7) is 0. The quantitative estimate of drug-likeness (QED) is 0.874. The number of carbonyl (C=O) groups is 1. The van der Waals surface area contributed by atoms with Crippen molar-refractivity contribution in [2.45, 2.75) is 0 Å². The molecule has 0 spiro atoms. The summed E-state index contributed by atoms with van der Waals surface area (Å²) in [6, 6.07) is 10.7. The lowest BCUT2D eigenvalue weighted by Gasteiger charge is -2.20. The largest absolute Gasteiger partial charge is 0.493 e. The first kappa shape index (κ1) is 15.7. The van der Waals surface area contributed by atoms with Crippen LogP contribution in [-0.2, 0) is 4.79 Å². The van der Waals surface area contributed by atoms with E-state index in [1.54, 1.807) is 30.3 Å². The van der Waals surface area contributed by atoms with Crippen molar-refractivity contribution in [2.75, 3.05) is 26.6 Å². The first-order chi connectivity index (χ1) is 11.7. The van der Waals surface area contributed by atoms with Gasteiger partial charge in [0.25, 0.3) is 5.91 Å². The number of anilines is 1. The lowest BCUT2D eigenvalue weighted by Crippen LogP contribution is -2.23. The fourth-order valence-electron chi connectivity index (χ4n) is 2.44. The second kappa shape index (κ2) is 6.54. The third-order valence-electron chi connectivity index (χ3n) is 3.56. The van der Waals surface area contributed by atoms with E-state index in [0.29, 0.717) is 34.2 Å². The first-order valence-electron chi connectivity index (χ1n) is 7.26. The van der Waals surface area contributed by atoms with Crippen molar-refractivity contribution in [2.24, 2.45) is 0 Å². The van der Waals surface area contributed by atoms with Crippen molar-refractivity contribution in [3.8, 4) is 23.0 Å². The molecule has 1 aliphatic heterocycles. The van der Waals surface area contributed by atoms with E-state index >= 15 is 0 Å². The van der Waals surface area contributed by atoms with E-state index in [0.717, 1.165) is 0 Å². The van der Waals surface area contributed by atoms with Crippen LogP contribution >= 0.6 is 0 Å². The van der Waals surface area contributed by atoms with Crippen LogP contribution in [-0.4, -0.2) is 27.2 Å². The Kier molecular flexibility index (Phi) is 4.29. The van der Waals surface area contributed by atoms with E-state index < -0.39 is 0 Å². The van der Waals surface area contributed by atoms with E-state index in [4.69, 9.17) is 18.9 Å². The van der Waals surface area contributed by atoms with Gasteiger partial charge in [0.1, 0.15) is 0 Å². The molecule has 1 aliphatic rings. The third-order valence-corrected chi connectivity index (χ3v) is 3.56. The fraction of sp³-hybridized carbons (Fsp3) is 0.167. The molecule has 3 rings (SSSR count). The Morgan fingerprint density at radius 2 is 1.67 bits per heavy atom. The SMILES string of the molecule is COc1cc(/C=C2\Oc3ccccc3NC2=O)cc(OC)c1OC. The molecular formula is C18H17NO5. The molecule has 0 fully saturated rings. The Hall–Kier alpha value is -3.15. The molecule has 0 aliphatic carbocycles. The maximum absolute atomic E-state index is 12.2. The van der Waals surface area contributed by atoms with Crippen LogP contribution in [0.5, 0.6) is 23.0 Å². The molecule has 0 radical (unpaired) electrons. The zero-order chi connectivity index (χ0) is 17.1. The van der Waals surface area contributed by atoms with Crippen LogP contribution in [0.25, 0.3) is 6.08 Å². The van der Waals surface area contributed by atoms with Crippen LogP contribution in [0.1, 0.15) is 5.56 Å². The molecule has 1 amide bonds. The summed E-state index contributed by atoms with van der Waals surface area (Å²) in [5.74, 6) is 1.95. The van der Waals surface area contributed by atoms with Gasteiger partial charge < -0.3 is 24.3 Å². The van der Waals surface area contributed by atoms with Gasteiger partial charge in [-0.2, -0.15) is 0 Å². The van der Waals surface area contributed by atoms with E-state index in [-0.39, 0.29) is 11.7 Å². The molecule has 6 nitrogen and oxygen atoms in total. The van der Waals surface area contributed by atoms with Gasteiger partial charge in [-0.05, 0) is 35.9 Å². The Balaban J connectivity index is 2.01. The number of fused-ring (bicyclic) bond motifs is 1. The highest BCUT2D eigenvalue weighted by Crippen LogP contribution is 2.39. The molecule has 24 heavy (non-hydrogen) atoms. The summed E-state index contributed by atoms with van der Waals surface area (Å²) in [5, 5.41) is 2.79. The number of ether oxygens (including phenoxy) is 4. The van der Waals surface area contributed by atoms with Crippen molar-refractivity contribution in [1.29, 1.82) is 0 Å². The van der Waals surface area contributed by atoms with Crippen LogP contribution in [0.3, 0.4) is 0 Å². The molecule has 6 heteroatoms. The predicted octanol–water partition coefficient (Wildman–Crippen LogP) is 3.08. The molecule has 0 unspecified atom stereocenters. The summed E-state index contributed by atoms with van der Waals surface area (Å²) in [7, 11) is 4.61. The molecule has 0 bridgehead atoms. The van der Waals surface area contributed by atoms with Crippen molar-refractivity contribution >= 4 is 17.7 Å². The number of para-hydroxylation sites is 2. The Morgan fingerprint density at radius 1 is 1.00 bits per heavy atom. The van der Waals surface area contributed by atoms with E-state index in [1.165, 1.54) is 21.3 Å². The summed E-state index contributed by atoms with van der Waals surface area (Å²) in [5.41, 5.74) is 1.33. The molecular weight excluding hydrogens is 310 g/mol. The minimum absolute atomic E-state index is 0.183. The Morgan fingerprint density at radius 3 is 2.29 bits per heavy atom. The monoisotopic (exact) mass is 327 g/mol. The standard InChI is InChI=1S/C18H17NO5/c1-21-14-8-11(9-15(22-2)17(14)23-3)10-16-18(20)19-12-6-4-5-7-13(12)24-16/h4-10H,1-3H3,(H,19,20)/b16-10-. The van der Waals surface area contributed by atoms with Crippen LogP contribution in [0.4, 0.5) is 5.69 Å². The average molecular weight is 327 g/mol. The summed E-state index contributed by atoms with van der Waals surface area (Å²) >= 11 is 0. The molecule has 124 valence electrons. The molecule has 2 aromatic rings. The van der Waals surface area contributed by atoms with Crippen molar-refractivity contribution in [3.63, 3.8) is 0 Å². The van der Waals surface area contributed by atoms with Gasteiger partial charge >= 0.3 is 0 Å². The number of rotatable bonds is 4. The topological polar surface area (TPSA) is 66.0 Å². The lowest BCUT2D eigenvalue weighted by atomic mass is 10.1. The van der Waals surface area contributed by atoms with Gasteiger partial charge in [0.2, 0.25) is 5.75 Å². The number of benzene rings is 2. The van der Waals surface area contributed by atoms with Crippen molar-refractivity contribution in [3.05, 3.63) is 47.7 Å². The van der Waals surface area contributed by atoms with Gasteiger partial charge in [0, 0.05) is 0 Å². The van der Waals surface area contributed by atoms with E-state index in [9.17, 15) is 4.79 Å². The second-order valence-electron chi connectivity index (χ2n) is 5.02. The number of carbonyl (C=O) groups excluding carboxylic acids is 1. The molecule has 0 aromatic heterocycles. The second-order valence-corrected chi connectivity index (χ2v) is 5.02. The van der Waals surface area contributed by atoms with E-state index in [1.807, 2.05) is 12.1 Å². The Labute approximate surface area is 139 Å². The predicted molar refractivity (Wildman–Crippen MR) is 89.8 cm³/mol. The van der Waals surface area contributed by atoms with Gasteiger partial charge in [-0.1, -0.05) is 12.1 Å². The smallest absolute Gasteiger partial charge is 0.291 e. The lowest BCUT2D eigenvalue weighted by molar-refractivity contribution is -0.115. The van der Waals surface area contributed by atoms with Gasteiger partial charge in [-0.25, -0.2) is 0 Å². The molecule has 1 heterocycles. The van der Waals surface area contributed by atoms with Gasteiger partial charge in [0.15, 0.2) is 23.0 Å². The number of methoxy groups -OCH3 is 3. The number of amides is 1. The summed E-state index contributed by atoms with van der Waals surface area (Å²) in [6.07, 6.45) is 1.62. The Bertz CT molecular complexity index is 788. The molecule has 0 atom stereocenters. The van der Waals surface area contributed by atoms with Gasteiger partial charge in [-0.3, -0.25) is 4.79 Å². The zero-order valence-electron chi connectivity index (χ0n) is 13.6. The third kappa shape index (κ3) is 2.86. The molecule has 0 saturated heterocycles. The highest BCUT2D eigenvalue weighted by Gasteiger charge is 2.22. The maximum atomic E-state index is 12.2. The highest BCUT2D eigenvalue weighted by molar-refractivity contribution is 6.08. The fourth-order valence-corrected chi connectivity index (χ4v) is 2.44. The summed E-state index contributed by atoms with van der Waals surface area (Å²) in [4.78, 5) is 12.2. The van der Waals surface area contributed by atoms with Crippen LogP contribution < -0.4 is 24.3 Å². The van der Waals surface area contributed by atoms with Crippen LogP contribution in [0, 0.1) is 0 Å². The maximum Gasteiger partial charge on any atom is 0.291 e. The van der Waals surface area contributed by atoms with Crippen molar-refractivity contribution < 1.29 is 23.7 Å². The first-order valence-corrected chi connectivity index (χ1v) is 7.26. The molecule has 2 aromatic carbocycles. The van der Waals surface area contributed by atoms with Crippen LogP contribution in [0.2, 0.25) is 0 Å². The summed E-state index contributed by atoms with van der Waals surface area (Å²) < 4.78 is 21.6. The van der Waals surface area contributed by atoms with Crippen molar-refractivity contribution in [1.82, 2.24) is 0 Å². The normalized spacial score (nSPS) is 14.5. The van der Waals surface area contributed by atoms with Gasteiger partial charge in [0.05, 0.1) is 27.0 Å². The number of nitrogens with one attached hydrogen (secondary N) is 1. The number of hydrogen-bond donors (Lipinski definition) is 1. The number of hydrogen-bond acceptors (Lipinski definition) is 5. The average Bonchev–Trinajstić information content (AvgIpc) is 2.61. The minimum atomic E-state index is -0.317.